The molecule has 0 saturated carbocycles. The molecule has 1 unspecified atom stereocenters. The highest BCUT2D eigenvalue weighted by Gasteiger charge is 2.09. The van der Waals surface area contributed by atoms with Crippen molar-refractivity contribution < 1.29 is 9.21 Å². The van der Waals surface area contributed by atoms with Crippen LogP contribution in [0.2, 0.25) is 0 Å². The number of hydrogen-bond donors (Lipinski definition) is 1. The van der Waals surface area contributed by atoms with Gasteiger partial charge in [0, 0.05) is 0 Å². The van der Waals surface area contributed by atoms with Gasteiger partial charge in [-0.3, -0.25) is 4.79 Å². The molecule has 0 saturated heterocycles. The first kappa shape index (κ1) is 9.74. The van der Waals surface area contributed by atoms with Crippen molar-refractivity contribution in [2.24, 2.45) is 5.73 Å². The van der Waals surface area contributed by atoms with Gasteiger partial charge in [-0.15, -0.1) is 0 Å². The van der Waals surface area contributed by atoms with Crippen LogP contribution in [0.4, 0.5) is 0 Å². The van der Waals surface area contributed by atoms with Gasteiger partial charge in [-0.05, 0) is 37.6 Å². The van der Waals surface area contributed by atoms with E-state index in [0.717, 1.165) is 0 Å². The maximum atomic E-state index is 11.3. The minimum Gasteiger partial charge on any atom is -0.465 e. The van der Waals surface area contributed by atoms with Crippen LogP contribution >= 0.6 is 0 Å². The summed E-state index contributed by atoms with van der Waals surface area (Å²) in [5.74, 6) is 0.614. The maximum Gasteiger partial charge on any atom is 0.175 e. The van der Waals surface area contributed by atoms with Gasteiger partial charge in [0.2, 0.25) is 0 Å². The lowest BCUT2D eigenvalue weighted by atomic mass is 10.1. The maximum absolute atomic E-state index is 11.3. The quantitative estimate of drug-likeness (QED) is 0.717. The van der Waals surface area contributed by atoms with Crippen LogP contribution in [0, 0.1) is 0 Å². The summed E-state index contributed by atoms with van der Waals surface area (Å²) in [5.41, 5.74) is 6.06. The molecule has 1 rings (SSSR count). The Labute approximate surface area is 77.2 Å². The van der Waals surface area contributed by atoms with E-state index in [2.05, 4.69) is 0 Å². The second-order valence-electron chi connectivity index (χ2n) is 3.00. The van der Waals surface area contributed by atoms with Crippen molar-refractivity contribution >= 4 is 11.9 Å². The lowest BCUT2D eigenvalue weighted by Gasteiger charge is -2.02. The first-order valence-electron chi connectivity index (χ1n) is 4.13. The molecule has 1 aromatic heterocycles. The van der Waals surface area contributed by atoms with Gasteiger partial charge in [-0.25, -0.2) is 0 Å². The lowest BCUT2D eigenvalue weighted by molar-refractivity contribution is -0.116. The zero-order valence-corrected chi connectivity index (χ0v) is 7.78. The summed E-state index contributed by atoms with van der Waals surface area (Å²) in [6.07, 6.45) is 3.25. The first-order valence-corrected chi connectivity index (χ1v) is 4.13. The van der Waals surface area contributed by atoms with Crippen molar-refractivity contribution in [3.63, 3.8) is 0 Å². The normalized spacial score (nSPS) is 14.2. The summed E-state index contributed by atoms with van der Waals surface area (Å²) >= 11 is 0. The van der Waals surface area contributed by atoms with E-state index in [1.54, 1.807) is 38.3 Å². The molecule has 0 aliphatic carbocycles. The van der Waals surface area contributed by atoms with Gasteiger partial charge in [0.15, 0.2) is 5.78 Å². The minimum atomic E-state index is -0.453. The first-order chi connectivity index (χ1) is 6.11. The molecule has 3 heteroatoms. The summed E-state index contributed by atoms with van der Waals surface area (Å²) in [6.45, 7) is 3.40. The average Bonchev–Trinajstić information content (AvgIpc) is 2.55. The molecule has 2 N–H and O–H groups in total. The van der Waals surface area contributed by atoms with E-state index >= 15 is 0 Å². The Bertz CT molecular complexity index is 310. The van der Waals surface area contributed by atoms with Crippen LogP contribution in [0.1, 0.15) is 19.6 Å². The topological polar surface area (TPSA) is 56.2 Å². The number of carbonyl (C=O) groups is 1. The summed E-state index contributed by atoms with van der Waals surface area (Å²) in [6, 6.07) is 3.11. The monoisotopic (exact) mass is 179 g/mol. The molecule has 1 heterocycles. The van der Waals surface area contributed by atoms with Gasteiger partial charge in [-0.2, -0.15) is 0 Å². The van der Waals surface area contributed by atoms with E-state index in [-0.39, 0.29) is 5.78 Å². The molecule has 0 amide bonds. The molecule has 1 atom stereocenters. The molecule has 1 aromatic rings. The summed E-state index contributed by atoms with van der Waals surface area (Å²) in [4.78, 5) is 11.3. The SMILES string of the molecule is C/C(=C\c1ccco1)C(=O)C(C)N. The molecule has 0 fully saturated rings. The number of hydrogen-bond acceptors (Lipinski definition) is 3. The minimum absolute atomic E-state index is 0.0589. The van der Waals surface area contributed by atoms with Crippen molar-refractivity contribution in [1.29, 1.82) is 0 Å². The van der Waals surface area contributed by atoms with E-state index in [1.165, 1.54) is 0 Å². The smallest absolute Gasteiger partial charge is 0.175 e. The molecular weight excluding hydrogens is 166 g/mol. The lowest BCUT2D eigenvalue weighted by Crippen LogP contribution is -2.27. The van der Waals surface area contributed by atoms with Crippen LogP contribution < -0.4 is 5.73 Å². The third-order valence-electron chi connectivity index (χ3n) is 1.70. The van der Waals surface area contributed by atoms with Gasteiger partial charge >= 0.3 is 0 Å². The van der Waals surface area contributed by atoms with E-state index in [1.807, 2.05) is 0 Å². The Kier molecular flexibility index (Phi) is 3.03. The average molecular weight is 179 g/mol. The van der Waals surface area contributed by atoms with E-state index in [9.17, 15) is 4.79 Å². The van der Waals surface area contributed by atoms with E-state index < -0.39 is 6.04 Å². The zero-order chi connectivity index (χ0) is 9.84. The van der Waals surface area contributed by atoms with Crippen LogP contribution in [0.25, 0.3) is 6.08 Å². The standard InChI is InChI=1S/C10H13NO2/c1-7(10(12)8(2)11)6-9-4-3-5-13-9/h3-6,8H,11H2,1-2H3/b7-6+. The van der Waals surface area contributed by atoms with Gasteiger partial charge in [-0.1, -0.05) is 0 Å². The molecule has 0 aromatic carbocycles. The molecule has 13 heavy (non-hydrogen) atoms. The Balaban J connectivity index is 2.78. The zero-order valence-electron chi connectivity index (χ0n) is 7.78. The molecule has 0 aliphatic heterocycles. The predicted molar refractivity (Wildman–Crippen MR) is 51.0 cm³/mol. The van der Waals surface area contributed by atoms with Crippen molar-refractivity contribution in [3.05, 3.63) is 29.7 Å². The molecule has 0 radical (unpaired) electrons. The number of ketones is 1. The number of furan rings is 1. The van der Waals surface area contributed by atoms with Crippen LogP contribution in [0.15, 0.2) is 28.4 Å². The number of rotatable bonds is 3. The van der Waals surface area contributed by atoms with Crippen molar-refractivity contribution in [1.82, 2.24) is 0 Å². The Morgan fingerprint density at radius 2 is 2.38 bits per heavy atom. The van der Waals surface area contributed by atoms with Crippen LogP contribution in [0.3, 0.4) is 0 Å². The fraction of sp³-hybridized carbons (Fsp3) is 0.300. The van der Waals surface area contributed by atoms with Crippen molar-refractivity contribution in [2.45, 2.75) is 19.9 Å². The van der Waals surface area contributed by atoms with Crippen LogP contribution in [0.5, 0.6) is 0 Å². The fourth-order valence-corrected chi connectivity index (χ4v) is 1.02. The van der Waals surface area contributed by atoms with E-state index in [4.69, 9.17) is 10.2 Å². The second-order valence-corrected chi connectivity index (χ2v) is 3.00. The molecular formula is C10H13NO2. The van der Waals surface area contributed by atoms with Crippen molar-refractivity contribution in [2.75, 3.05) is 0 Å². The molecule has 0 spiro atoms. The highest BCUT2D eigenvalue weighted by molar-refractivity contribution is 6.01. The number of Topliss-reactive ketones (excluding diaryl/α,β-unsaturated/α-hetero) is 1. The molecule has 70 valence electrons. The van der Waals surface area contributed by atoms with Gasteiger partial charge < -0.3 is 10.2 Å². The summed E-state index contributed by atoms with van der Waals surface area (Å²) in [7, 11) is 0. The predicted octanol–water partition coefficient (Wildman–Crippen LogP) is 1.60. The Morgan fingerprint density at radius 1 is 1.69 bits per heavy atom. The Morgan fingerprint density at radius 3 is 2.85 bits per heavy atom. The highest BCUT2D eigenvalue weighted by atomic mass is 16.3. The van der Waals surface area contributed by atoms with Gasteiger partial charge in [0.1, 0.15) is 5.76 Å². The van der Waals surface area contributed by atoms with Gasteiger partial charge in [0.05, 0.1) is 12.3 Å². The molecule has 0 bridgehead atoms. The molecule has 3 nitrogen and oxygen atoms in total. The van der Waals surface area contributed by atoms with E-state index in [0.29, 0.717) is 11.3 Å². The highest BCUT2D eigenvalue weighted by Crippen LogP contribution is 2.08. The molecule has 0 aliphatic rings. The number of nitrogens with two attached hydrogens (primary N) is 1. The third-order valence-corrected chi connectivity index (χ3v) is 1.70. The summed E-state index contributed by atoms with van der Waals surface area (Å²) < 4.78 is 5.06. The van der Waals surface area contributed by atoms with Crippen LogP contribution in [-0.4, -0.2) is 11.8 Å². The second kappa shape index (κ2) is 4.05. The summed E-state index contributed by atoms with van der Waals surface area (Å²) in [5, 5.41) is 0. The third kappa shape index (κ3) is 2.56. The Hall–Kier alpha value is -1.35. The largest absolute Gasteiger partial charge is 0.465 e. The van der Waals surface area contributed by atoms with Crippen molar-refractivity contribution in [3.8, 4) is 0 Å². The van der Waals surface area contributed by atoms with Crippen LogP contribution in [-0.2, 0) is 4.79 Å². The van der Waals surface area contributed by atoms with Gasteiger partial charge in [0.25, 0.3) is 0 Å². The number of carbonyl (C=O) groups excluding carboxylic acids is 1. The fourth-order valence-electron chi connectivity index (χ4n) is 1.02.